The smallest absolute Gasteiger partial charge is 0.322 e. The number of hydrogen-bond acceptors (Lipinski definition) is 5. The molecular formula is C16H33N4O5+. The molecule has 0 aromatic carbocycles. The van der Waals surface area contributed by atoms with Gasteiger partial charge in [0.15, 0.2) is 0 Å². The molecule has 25 heavy (non-hydrogen) atoms. The van der Waals surface area contributed by atoms with Crippen LogP contribution in [-0.2, 0) is 14.4 Å². The second-order valence-corrected chi connectivity index (χ2v) is 7.53. The first-order valence-corrected chi connectivity index (χ1v) is 8.48. The molecule has 146 valence electrons. The van der Waals surface area contributed by atoms with Crippen LogP contribution in [0.1, 0.15) is 33.1 Å². The van der Waals surface area contributed by atoms with Gasteiger partial charge in [-0.2, -0.15) is 5.48 Å². The van der Waals surface area contributed by atoms with Gasteiger partial charge in [-0.05, 0) is 25.2 Å². The number of hydrogen-bond donors (Lipinski definition) is 5. The molecule has 9 heteroatoms. The van der Waals surface area contributed by atoms with Gasteiger partial charge in [0.25, 0.3) is 0 Å². The Bertz CT molecular complexity index is 448. The van der Waals surface area contributed by atoms with Crippen LogP contribution in [0.15, 0.2) is 0 Å². The van der Waals surface area contributed by atoms with Crippen molar-refractivity contribution in [2.24, 2.45) is 5.92 Å². The van der Waals surface area contributed by atoms with Crippen LogP contribution in [-0.4, -0.2) is 78.9 Å². The third kappa shape index (κ3) is 10.7. The summed E-state index contributed by atoms with van der Waals surface area (Å²) in [6.07, 6.45) is 1.97. The second kappa shape index (κ2) is 11.0. The molecule has 0 aromatic rings. The van der Waals surface area contributed by atoms with Crippen molar-refractivity contribution in [2.75, 3.05) is 34.2 Å². The van der Waals surface area contributed by atoms with E-state index in [4.69, 9.17) is 10.3 Å². The zero-order valence-electron chi connectivity index (χ0n) is 15.8. The van der Waals surface area contributed by atoms with Gasteiger partial charge in [-0.25, -0.2) is 0 Å². The van der Waals surface area contributed by atoms with E-state index in [2.05, 4.69) is 31.8 Å². The molecule has 0 aliphatic heterocycles. The third-order valence-electron chi connectivity index (χ3n) is 3.71. The van der Waals surface area contributed by atoms with E-state index >= 15 is 0 Å². The van der Waals surface area contributed by atoms with Crippen LogP contribution in [0.5, 0.6) is 0 Å². The van der Waals surface area contributed by atoms with Gasteiger partial charge in [0, 0.05) is 0 Å². The molecule has 0 aliphatic rings. The number of nitrogens with zero attached hydrogens (tertiary/aromatic N) is 1. The van der Waals surface area contributed by atoms with Crippen molar-refractivity contribution in [3.8, 4) is 0 Å². The minimum absolute atomic E-state index is 0.175. The molecule has 0 rings (SSSR count). The predicted molar refractivity (Wildman–Crippen MR) is 92.9 cm³/mol. The molecule has 0 saturated heterocycles. The fourth-order valence-corrected chi connectivity index (χ4v) is 2.26. The van der Waals surface area contributed by atoms with Crippen LogP contribution >= 0.6 is 0 Å². The van der Waals surface area contributed by atoms with Crippen LogP contribution < -0.4 is 16.1 Å². The molecule has 9 nitrogen and oxygen atoms in total. The number of hydroxylamine groups is 1. The van der Waals surface area contributed by atoms with Gasteiger partial charge >= 0.3 is 5.97 Å². The van der Waals surface area contributed by atoms with Crippen molar-refractivity contribution < 1.29 is 29.2 Å². The van der Waals surface area contributed by atoms with Crippen molar-refractivity contribution in [1.29, 1.82) is 0 Å². The van der Waals surface area contributed by atoms with E-state index in [0.29, 0.717) is 12.8 Å². The van der Waals surface area contributed by atoms with Crippen molar-refractivity contribution >= 4 is 17.8 Å². The summed E-state index contributed by atoms with van der Waals surface area (Å²) >= 11 is 0. The first-order valence-electron chi connectivity index (χ1n) is 8.48. The van der Waals surface area contributed by atoms with E-state index in [9.17, 15) is 14.4 Å². The fourth-order valence-electron chi connectivity index (χ4n) is 2.26. The fraction of sp³-hybridized carbons (Fsp3) is 0.812. The maximum Gasteiger partial charge on any atom is 0.322 e. The molecule has 2 amide bonds. The van der Waals surface area contributed by atoms with Crippen LogP contribution in [0.25, 0.3) is 0 Å². The SMILES string of the molecule is CC(C)[C@H](NO)C(=O)N[C@@H](CCCC[N+](C)(C)C)C(=O)NCC(=O)O. The Kier molecular flexibility index (Phi) is 10.3. The highest BCUT2D eigenvalue weighted by atomic mass is 16.5. The van der Waals surface area contributed by atoms with E-state index in [-0.39, 0.29) is 5.92 Å². The number of carboxylic acid groups (broad SMARTS) is 1. The van der Waals surface area contributed by atoms with Crippen molar-refractivity contribution in [2.45, 2.75) is 45.2 Å². The highest BCUT2D eigenvalue weighted by Crippen LogP contribution is 2.07. The first-order chi connectivity index (χ1) is 11.5. The summed E-state index contributed by atoms with van der Waals surface area (Å²) in [5, 5.41) is 22.7. The van der Waals surface area contributed by atoms with Crippen molar-refractivity contribution in [3.63, 3.8) is 0 Å². The second-order valence-electron chi connectivity index (χ2n) is 7.53. The summed E-state index contributed by atoms with van der Waals surface area (Å²) < 4.78 is 0.798. The summed E-state index contributed by atoms with van der Waals surface area (Å²) in [4.78, 5) is 35.0. The monoisotopic (exact) mass is 361 g/mol. The van der Waals surface area contributed by atoms with Gasteiger partial charge < -0.3 is 25.4 Å². The number of rotatable bonds is 12. The van der Waals surface area contributed by atoms with E-state index in [0.717, 1.165) is 17.4 Å². The summed E-state index contributed by atoms with van der Waals surface area (Å²) in [5.74, 6) is -2.37. The normalized spacial score (nSPS) is 14.0. The summed E-state index contributed by atoms with van der Waals surface area (Å²) in [7, 11) is 6.21. The van der Waals surface area contributed by atoms with Crippen LogP contribution in [0.3, 0.4) is 0 Å². The average molecular weight is 361 g/mol. The lowest BCUT2D eigenvalue weighted by Gasteiger charge is -2.25. The van der Waals surface area contributed by atoms with Crippen molar-refractivity contribution in [1.82, 2.24) is 16.1 Å². The standard InChI is InChI=1S/C16H32N4O5/c1-11(2)14(19-25)16(24)18-12(15(23)17-10-13(21)22)8-6-7-9-20(3,4)5/h11-12,14,19,25H,6-10H2,1-5H3,(H2-,17,18,21,22,23,24)/p+1/t12-,14-/m0/s1. The molecule has 0 aromatic heterocycles. The van der Waals surface area contributed by atoms with Crippen LogP contribution in [0.4, 0.5) is 0 Å². The number of nitrogens with one attached hydrogen (secondary N) is 3. The largest absolute Gasteiger partial charge is 0.480 e. The van der Waals surface area contributed by atoms with Crippen molar-refractivity contribution in [3.05, 3.63) is 0 Å². The maximum atomic E-state index is 12.2. The number of quaternary nitrogens is 1. The topological polar surface area (TPSA) is 128 Å². The van der Waals surface area contributed by atoms with Gasteiger partial charge in [-0.1, -0.05) is 13.8 Å². The van der Waals surface area contributed by atoms with E-state index in [1.165, 1.54) is 0 Å². The molecule has 0 aliphatic carbocycles. The number of unbranched alkanes of at least 4 members (excludes halogenated alkanes) is 1. The Morgan fingerprint density at radius 2 is 1.64 bits per heavy atom. The highest BCUT2D eigenvalue weighted by Gasteiger charge is 2.27. The molecule has 0 spiro atoms. The Morgan fingerprint density at radius 3 is 2.08 bits per heavy atom. The number of amides is 2. The lowest BCUT2D eigenvalue weighted by atomic mass is 10.0. The summed E-state index contributed by atoms with van der Waals surface area (Å²) in [5.41, 5.74) is 1.94. The first kappa shape index (κ1) is 23.3. The lowest BCUT2D eigenvalue weighted by Crippen LogP contribution is -2.54. The summed E-state index contributed by atoms with van der Waals surface area (Å²) in [6.45, 7) is 3.93. The average Bonchev–Trinajstić information content (AvgIpc) is 2.47. The van der Waals surface area contributed by atoms with Gasteiger partial charge in [0.2, 0.25) is 11.8 Å². The predicted octanol–water partition coefficient (Wildman–Crippen LogP) is -0.448. The minimum Gasteiger partial charge on any atom is -0.480 e. The van der Waals surface area contributed by atoms with Gasteiger partial charge in [-0.3, -0.25) is 14.4 Å². The zero-order chi connectivity index (χ0) is 19.6. The van der Waals surface area contributed by atoms with Gasteiger partial charge in [0.05, 0.1) is 27.7 Å². The molecule has 0 bridgehead atoms. The molecule has 0 saturated carbocycles. The third-order valence-corrected chi connectivity index (χ3v) is 3.71. The molecule has 0 heterocycles. The quantitative estimate of drug-likeness (QED) is 0.182. The zero-order valence-corrected chi connectivity index (χ0v) is 15.8. The number of carboxylic acids is 1. The Morgan fingerprint density at radius 1 is 1.04 bits per heavy atom. The highest BCUT2D eigenvalue weighted by molar-refractivity contribution is 5.91. The van der Waals surface area contributed by atoms with Gasteiger partial charge in [-0.15, -0.1) is 0 Å². The Balaban J connectivity index is 4.79. The molecular weight excluding hydrogens is 328 g/mol. The molecule has 5 N–H and O–H groups in total. The Hall–Kier alpha value is -1.71. The number of carbonyl (C=O) groups is 3. The van der Waals surface area contributed by atoms with Crippen LogP contribution in [0, 0.1) is 5.92 Å². The molecule has 2 atom stereocenters. The number of aliphatic carboxylic acids is 1. The van der Waals surface area contributed by atoms with E-state index in [1.54, 1.807) is 13.8 Å². The van der Waals surface area contributed by atoms with E-state index < -0.39 is 36.4 Å². The molecule has 0 fully saturated rings. The minimum atomic E-state index is -1.15. The maximum absolute atomic E-state index is 12.2. The number of carbonyl (C=O) groups excluding carboxylic acids is 2. The molecule has 0 radical (unpaired) electrons. The summed E-state index contributed by atoms with van der Waals surface area (Å²) in [6, 6.07) is -1.69. The molecule has 0 unspecified atom stereocenters. The Labute approximate surface area is 149 Å². The van der Waals surface area contributed by atoms with Gasteiger partial charge in [0.1, 0.15) is 18.6 Å². The van der Waals surface area contributed by atoms with Crippen LogP contribution in [0.2, 0.25) is 0 Å². The van der Waals surface area contributed by atoms with E-state index in [1.807, 2.05) is 5.48 Å². The lowest BCUT2D eigenvalue weighted by molar-refractivity contribution is -0.870.